The van der Waals surface area contributed by atoms with E-state index in [2.05, 4.69) is 13.8 Å². The molecule has 0 aliphatic heterocycles. The highest BCUT2D eigenvalue weighted by Gasteiger charge is 2.50. The van der Waals surface area contributed by atoms with Crippen LogP contribution in [0.4, 0.5) is 0 Å². The van der Waals surface area contributed by atoms with Gasteiger partial charge in [0.25, 0.3) is 0 Å². The Balaban J connectivity index is 2.97. The van der Waals surface area contributed by atoms with E-state index in [1.54, 1.807) is 6.08 Å². The lowest BCUT2D eigenvalue weighted by Gasteiger charge is -2.38. The maximum absolute atomic E-state index is 11.8. The molecule has 4 heteroatoms. The van der Waals surface area contributed by atoms with Crippen molar-refractivity contribution in [1.82, 2.24) is 0 Å². The van der Waals surface area contributed by atoms with Crippen molar-refractivity contribution in [2.45, 2.75) is 58.8 Å². The fourth-order valence-electron chi connectivity index (χ4n) is 3.24. The van der Waals surface area contributed by atoms with Crippen LogP contribution in [-0.2, 0) is 9.59 Å². The van der Waals surface area contributed by atoms with E-state index in [1.165, 1.54) is 0 Å². The smallest absolute Gasteiger partial charge is 0.310 e. The topological polar surface area (TPSA) is 74.6 Å². The van der Waals surface area contributed by atoms with Gasteiger partial charge in [-0.05, 0) is 25.2 Å². The third-order valence-electron chi connectivity index (χ3n) is 4.61. The quantitative estimate of drug-likeness (QED) is 0.665. The summed E-state index contributed by atoms with van der Waals surface area (Å²) in [4.78, 5) is 23.3. The molecule has 0 aromatic heterocycles. The van der Waals surface area contributed by atoms with Gasteiger partial charge in [0.1, 0.15) is 0 Å². The van der Waals surface area contributed by atoms with E-state index in [4.69, 9.17) is 0 Å². The Hall–Kier alpha value is -1.32. The van der Waals surface area contributed by atoms with Gasteiger partial charge < -0.3 is 10.2 Å². The van der Waals surface area contributed by atoms with Crippen LogP contribution in [0.1, 0.15) is 58.8 Å². The Bertz CT molecular complexity index is 375. The number of carboxylic acid groups (broad SMARTS) is 2. The van der Waals surface area contributed by atoms with Gasteiger partial charge in [-0.3, -0.25) is 9.59 Å². The highest BCUT2D eigenvalue weighted by Crippen LogP contribution is 2.45. The van der Waals surface area contributed by atoms with Crippen LogP contribution in [0.5, 0.6) is 0 Å². The van der Waals surface area contributed by atoms with Gasteiger partial charge >= 0.3 is 11.9 Å². The van der Waals surface area contributed by atoms with Crippen LogP contribution in [0, 0.1) is 17.3 Å². The van der Waals surface area contributed by atoms with Crippen molar-refractivity contribution in [1.29, 1.82) is 0 Å². The number of rotatable bonds is 8. The predicted octanol–water partition coefficient (Wildman–Crippen LogP) is 3.71. The Labute approximate surface area is 120 Å². The van der Waals surface area contributed by atoms with E-state index in [9.17, 15) is 19.8 Å². The normalized spacial score (nSPS) is 27.2. The second kappa shape index (κ2) is 7.46. The van der Waals surface area contributed by atoms with Gasteiger partial charge in [0, 0.05) is 0 Å². The zero-order valence-corrected chi connectivity index (χ0v) is 12.5. The molecule has 1 rings (SSSR count). The highest BCUT2D eigenvalue weighted by atomic mass is 16.4. The summed E-state index contributed by atoms with van der Waals surface area (Å²) in [6.07, 6.45) is 8.81. The summed E-state index contributed by atoms with van der Waals surface area (Å²) in [5.74, 6) is -2.45. The maximum atomic E-state index is 11.8. The van der Waals surface area contributed by atoms with Gasteiger partial charge in [0.05, 0.1) is 11.3 Å². The zero-order chi connectivity index (χ0) is 15.2. The number of unbranched alkanes of at least 4 members (excludes halogenated alkanes) is 1. The molecule has 2 N–H and O–H groups in total. The summed E-state index contributed by atoms with van der Waals surface area (Å²) in [6, 6.07) is 0. The van der Waals surface area contributed by atoms with Crippen LogP contribution in [0.2, 0.25) is 0 Å². The SMILES string of the molecule is CCCCC(CC)CC1(C(=O)O)CC=CCC1C(=O)O. The predicted molar refractivity (Wildman–Crippen MR) is 77.5 cm³/mol. The van der Waals surface area contributed by atoms with E-state index < -0.39 is 23.3 Å². The highest BCUT2D eigenvalue weighted by molar-refractivity contribution is 5.84. The van der Waals surface area contributed by atoms with Crippen molar-refractivity contribution < 1.29 is 19.8 Å². The van der Waals surface area contributed by atoms with Crippen molar-refractivity contribution in [3.8, 4) is 0 Å². The van der Waals surface area contributed by atoms with Crippen LogP contribution in [0.25, 0.3) is 0 Å². The van der Waals surface area contributed by atoms with Crippen LogP contribution in [0.3, 0.4) is 0 Å². The van der Waals surface area contributed by atoms with Gasteiger partial charge in [-0.1, -0.05) is 51.7 Å². The molecule has 0 aromatic carbocycles. The number of aliphatic carboxylic acids is 2. The molecule has 20 heavy (non-hydrogen) atoms. The van der Waals surface area contributed by atoms with Crippen molar-refractivity contribution >= 4 is 11.9 Å². The molecular formula is C16H26O4. The molecule has 0 radical (unpaired) electrons. The van der Waals surface area contributed by atoms with Crippen LogP contribution in [0.15, 0.2) is 12.2 Å². The van der Waals surface area contributed by atoms with Gasteiger partial charge in [-0.15, -0.1) is 0 Å². The Morgan fingerprint density at radius 3 is 2.50 bits per heavy atom. The molecule has 0 saturated carbocycles. The average molecular weight is 282 g/mol. The lowest BCUT2D eigenvalue weighted by molar-refractivity contribution is -0.164. The van der Waals surface area contributed by atoms with Crippen LogP contribution in [-0.4, -0.2) is 22.2 Å². The van der Waals surface area contributed by atoms with Gasteiger partial charge in [-0.25, -0.2) is 0 Å². The van der Waals surface area contributed by atoms with Gasteiger partial charge in [-0.2, -0.15) is 0 Å². The minimum Gasteiger partial charge on any atom is -0.481 e. The molecule has 4 nitrogen and oxygen atoms in total. The second-order valence-corrected chi connectivity index (χ2v) is 5.88. The first-order valence-corrected chi connectivity index (χ1v) is 7.59. The van der Waals surface area contributed by atoms with E-state index in [-0.39, 0.29) is 0 Å². The van der Waals surface area contributed by atoms with E-state index in [1.807, 2.05) is 6.08 Å². The lowest BCUT2D eigenvalue weighted by atomic mass is 9.63. The zero-order valence-electron chi connectivity index (χ0n) is 12.5. The summed E-state index contributed by atoms with van der Waals surface area (Å²) < 4.78 is 0. The Kier molecular flexibility index (Phi) is 6.24. The summed E-state index contributed by atoms with van der Waals surface area (Å²) >= 11 is 0. The minimum absolute atomic E-state index is 0.291. The fraction of sp³-hybridized carbons (Fsp3) is 0.750. The van der Waals surface area contributed by atoms with E-state index in [0.29, 0.717) is 25.2 Å². The average Bonchev–Trinajstić information content (AvgIpc) is 2.43. The number of carbonyl (C=O) groups is 2. The summed E-state index contributed by atoms with van der Waals surface area (Å²) in [7, 11) is 0. The largest absolute Gasteiger partial charge is 0.481 e. The number of hydrogen-bond acceptors (Lipinski definition) is 2. The minimum atomic E-state index is -1.13. The first-order valence-electron chi connectivity index (χ1n) is 7.59. The molecule has 0 saturated heterocycles. The van der Waals surface area contributed by atoms with Gasteiger partial charge in [0.2, 0.25) is 0 Å². The Morgan fingerprint density at radius 2 is 2.00 bits per heavy atom. The fourth-order valence-corrected chi connectivity index (χ4v) is 3.24. The third-order valence-corrected chi connectivity index (χ3v) is 4.61. The maximum Gasteiger partial charge on any atom is 0.310 e. The van der Waals surface area contributed by atoms with Crippen molar-refractivity contribution in [2.24, 2.45) is 17.3 Å². The third kappa shape index (κ3) is 3.62. The lowest BCUT2D eigenvalue weighted by Crippen LogP contribution is -2.45. The second-order valence-electron chi connectivity index (χ2n) is 5.88. The van der Waals surface area contributed by atoms with Crippen LogP contribution < -0.4 is 0 Å². The molecule has 1 aliphatic carbocycles. The van der Waals surface area contributed by atoms with E-state index >= 15 is 0 Å². The number of allylic oxidation sites excluding steroid dienone is 2. The molecule has 0 fully saturated rings. The molecule has 0 bridgehead atoms. The molecule has 114 valence electrons. The monoisotopic (exact) mass is 282 g/mol. The first kappa shape index (κ1) is 16.7. The standard InChI is InChI=1S/C16H26O4/c1-3-5-8-12(4-2)11-16(15(19)20)10-7-6-9-13(16)14(17)18/h6-7,12-13H,3-5,8-11H2,1-2H3,(H,17,18)(H,19,20). The molecule has 0 aromatic rings. The van der Waals surface area contributed by atoms with Crippen LogP contribution >= 0.6 is 0 Å². The summed E-state index contributed by atoms with van der Waals surface area (Å²) in [6.45, 7) is 4.17. The first-order chi connectivity index (χ1) is 9.47. The number of carboxylic acids is 2. The van der Waals surface area contributed by atoms with E-state index in [0.717, 1.165) is 25.7 Å². The molecular weight excluding hydrogens is 256 g/mol. The molecule has 0 heterocycles. The molecule has 3 atom stereocenters. The molecule has 1 aliphatic rings. The molecule has 3 unspecified atom stereocenters. The number of hydrogen-bond donors (Lipinski definition) is 2. The van der Waals surface area contributed by atoms with Gasteiger partial charge in [0.15, 0.2) is 0 Å². The Morgan fingerprint density at radius 1 is 1.30 bits per heavy atom. The van der Waals surface area contributed by atoms with Crippen molar-refractivity contribution in [3.05, 3.63) is 12.2 Å². The molecule has 0 amide bonds. The summed E-state index contributed by atoms with van der Waals surface area (Å²) in [5, 5.41) is 19.1. The van der Waals surface area contributed by atoms with Crippen molar-refractivity contribution in [3.63, 3.8) is 0 Å². The summed E-state index contributed by atoms with van der Waals surface area (Å²) in [5.41, 5.74) is -1.13. The molecule has 0 spiro atoms. The van der Waals surface area contributed by atoms with Crippen molar-refractivity contribution in [2.75, 3.05) is 0 Å².